The standard InChI is InChI=1S/C24H22F2N4/c25-18-4-3-5-19(26)24(18)22-11-10-20(27-22)16-6-8-17(9-7-16)21-12-13-23(29-28-21)30-14-1-2-15-30/h3-9,12-13,20H,1-2,10-11,14-15H2. The van der Waals surface area contributed by atoms with Gasteiger partial charge in [-0.2, -0.15) is 0 Å². The highest BCUT2D eigenvalue weighted by Gasteiger charge is 2.24. The summed E-state index contributed by atoms with van der Waals surface area (Å²) < 4.78 is 28.1. The van der Waals surface area contributed by atoms with Crippen molar-refractivity contribution < 1.29 is 8.78 Å². The Kier molecular flexibility index (Phi) is 4.99. The van der Waals surface area contributed by atoms with E-state index in [9.17, 15) is 8.78 Å². The summed E-state index contributed by atoms with van der Waals surface area (Å²) in [6.45, 7) is 2.09. The van der Waals surface area contributed by atoms with E-state index in [-0.39, 0.29) is 11.6 Å². The van der Waals surface area contributed by atoms with Crippen LogP contribution < -0.4 is 4.90 Å². The van der Waals surface area contributed by atoms with Gasteiger partial charge in [-0.1, -0.05) is 30.3 Å². The van der Waals surface area contributed by atoms with E-state index in [0.29, 0.717) is 12.1 Å². The van der Waals surface area contributed by atoms with Gasteiger partial charge < -0.3 is 4.90 Å². The molecule has 0 radical (unpaired) electrons. The summed E-state index contributed by atoms with van der Waals surface area (Å²) in [4.78, 5) is 6.87. The molecule has 0 spiro atoms. The quantitative estimate of drug-likeness (QED) is 0.589. The van der Waals surface area contributed by atoms with Crippen LogP contribution in [0.5, 0.6) is 0 Å². The molecule has 2 aliphatic heterocycles. The number of nitrogens with zero attached hydrogens (tertiary/aromatic N) is 4. The molecule has 1 unspecified atom stereocenters. The predicted molar refractivity (Wildman–Crippen MR) is 114 cm³/mol. The van der Waals surface area contributed by atoms with E-state index in [0.717, 1.165) is 42.1 Å². The summed E-state index contributed by atoms with van der Waals surface area (Å²) in [5, 5.41) is 8.77. The second-order valence-corrected chi connectivity index (χ2v) is 7.82. The summed E-state index contributed by atoms with van der Waals surface area (Å²) in [5.74, 6) is -0.178. The number of halogens is 2. The van der Waals surface area contributed by atoms with Gasteiger partial charge in [0.2, 0.25) is 0 Å². The maximum atomic E-state index is 14.1. The number of rotatable bonds is 4. The number of benzene rings is 2. The van der Waals surface area contributed by atoms with E-state index >= 15 is 0 Å². The monoisotopic (exact) mass is 404 g/mol. The Morgan fingerprint density at radius 2 is 1.57 bits per heavy atom. The van der Waals surface area contributed by atoms with Crippen molar-refractivity contribution in [2.24, 2.45) is 4.99 Å². The summed E-state index contributed by atoms with van der Waals surface area (Å²) in [7, 11) is 0. The molecule has 0 bridgehead atoms. The Labute approximate surface area is 174 Å². The molecule has 2 aromatic carbocycles. The van der Waals surface area contributed by atoms with Crippen molar-refractivity contribution in [2.45, 2.75) is 31.7 Å². The van der Waals surface area contributed by atoms with Crippen LogP contribution in [-0.4, -0.2) is 29.0 Å². The van der Waals surface area contributed by atoms with Crippen molar-refractivity contribution in [3.63, 3.8) is 0 Å². The van der Waals surface area contributed by atoms with E-state index in [1.165, 1.54) is 31.0 Å². The van der Waals surface area contributed by atoms with E-state index < -0.39 is 11.6 Å². The smallest absolute Gasteiger partial charge is 0.151 e. The average molecular weight is 404 g/mol. The minimum atomic E-state index is -0.555. The molecule has 0 saturated carbocycles. The van der Waals surface area contributed by atoms with Gasteiger partial charge in [0.15, 0.2) is 5.82 Å². The van der Waals surface area contributed by atoms with E-state index in [1.807, 2.05) is 36.4 Å². The summed E-state index contributed by atoms with van der Waals surface area (Å²) >= 11 is 0. The van der Waals surface area contributed by atoms with Gasteiger partial charge in [-0.3, -0.25) is 4.99 Å². The zero-order chi connectivity index (χ0) is 20.5. The Bertz CT molecular complexity index is 1050. The first-order chi connectivity index (χ1) is 14.7. The van der Waals surface area contributed by atoms with E-state index in [2.05, 4.69) is 20.1 Å². The molecule has 1 saturated heterocycles. The van der Waals surface area contributed by atoms with Gasteiger partial charge in [-0.25, -0.2) is 8.78 Å². The third-order valence-corrected chi connectivity index (χ3v) is 5.89. The lowest BCUT2D eigenvalue weighted by molar-refractivity contribution is 0.578. The molecule has 3 aromatic rings. The summed E-state index contributed by atoms with van der Waals surface area (Å²) in [5.41, 5.74) is 3.36. The molecule has 30 heavy (non-hydrogen) atoms. The van der Waals surface area contributed by atoms with Crippen molar-refractivity contribution in [2.75, 3.05) is 18.0 Å². The van der Waals surface area contributed by atoms with Gasteiger partial charge in [-0.15, -0.1) is 10.2 Å². The molecular formula is C24H22F2N4. The lowest BCUT2D eigenvalue weighted by atomic mass is 10.0. The van der Waals surface area contributed by atoms with E-state index in [4.69, 9.17) is 0 Å². The molecule has 152 valence electrons. The molecule has 0 aliphatic carbocycles. The Hall–Kier alpha value is -3.15. The van der Waals surface area contributed by atoms with Crippen molar-refractivity contribution in [1.29, 1.82) is 0 Å². The minimum absolute atomic E-state index is 0.00462. The molecule has 6 heteroatoms. The first-order valence-corrected chi connectivity index (χ1v) is 10.4. The third kappa shape index (κ3) is 3.58. The average Bonchev–Trinajstić information content (AvgIpc) is 3.47. The fraction of sp³-hybridized carbons (Fsp3) is 0.292. The topological polar surface area (TPSA) is 41.4 Å². The molecule has 1 fully saturated rings. The summed E-state index contributed by atoms with van der Waals surface area (Å²) in [6.07, 6.45) is 3.72. The number of aromatic nitrogens is 2. The minimum Gasteiger partial charge on any atom is -0.355 e. The van der Waals surface area contributed by atoms with Crippen LogP contribution in [0.3, 0.4) is 0 Å². The number of hydrogen-bond donors (Lipinski definition) is 0. The first-order valence-electron chi connectivity index (χ1n) is 10.4. The molecule has 0 amide bonds. The molecule has 4 nitrogen and oxygen atoms in total. The molecule has 1 atom stereocenters. The Balaban J connectivity index is 1.33. The van der Waals surface area contributed by atoms with Gasteiger partial charge in [-0.05, 0) is 55.5 Å². The van der Waals surface area contributed by atoms with Crippen molar-refractivity contribution >= 4 is 11.5 Å². The lowest BCUT2D eigenvalue weighted by Gasteiger charge is -2.15. The zero-order valence-electron chi connectivity index (χ0n) is 16.6. The molecule has 0 N–H and O–H groups in total. The number of hydrogen-bond acceptors (Lipinski definition) is 4. The van der Waals surface area contributed by atoms with Crippen LogP contribution in [0.4, 0.5) is 14.6 Å². The van der Waals surface area contributed by atoms with E-state index in [1.54, 1.807) is 0 Å². The molecule has 3 heterocycles. The van der Waals surface area contributed by atoms with Gasteiger partial charge >= 0.3 is 0 Å². The van der Waals surface area contributed by atoms with Gasteiger partial charge in [0.25, 0.3) is 0 Å². The van der Waals surface area contributed by atoms with Crippen molar-refractivity contribution in [3.8, 4) is 11.3 Å². The van der Waals surface area contributed by atoms with Crippen LogP contribution in [0, 0.1) is 11.6 Å². The van der Waals surface area contributed by atoms with Gasteiger partial charge in [0.05, 0.1) is 17.3 Å². The predicted octanol–water partition coefficient (Wildman–Crippen LogP) is 5.35. The lowest BCUT2D eigenvalue weighted by Crippen LogP contribution is -2.19. The summed E-state index contributed by atoms with van der Waals surface area (Å²) in [6, 6.07) is 15.9. The third-order valence-electron chi connectivity index (χ3n) is 5.89. The Morgan fingerprint density at radius 1 is 0.833 bits per heavy atom. The maximum Gasteiger partial charge on any atom is 0.151 e. The molecular weight excluding hydrogens is 382 g/mol. The fourth-order valence-corrected chi connectivity index (χ4v) is 4.27. The van der Waals surface area contributed by atoms with Crippen LogP contribution in [0.15, 0.2) is 59.6 Å². The van der Waals surface area contributed by atoms with Crippen molar-refractivity contribution in [3.05, 3.63) is 77.4 Å². The van der Waals surface area contributed by atoms with Crippen LogP contribution in [0.2, 0.25) is 0 Å². The number of anilines is 1. The molecule has 2 aliphatic rings. The van der Waals surface area contributed by atoms with Gasteiger partial charge in [0.1, 0.15) is 11.6 Å². The highest BCUT2D eigenvalue weighted by molar-refractivity contribution is 6.02. The highest BCUT2D eigenvalue weighted by atomic mass is 19.1. The maximum absolute atomic E-state index is 14.1. The second-order valence-electron chi connectivity index (χ2n) is 7.82. The SMILES string of the molecule is Fc1cccc(F)c1C1=NC(c2ccc(-c3ccc(N4CCCC4)nn3)cc2)CC1. The van der Waals surface area contributed by atoms with Crippen molar-refractivity contribution in [1.82, 2.24) is 10.2 Å². The van der Waals surface area contributed by atoms with Crippen LogP contribution >= 0.6 is 0 Å². The van der Waals surface area contributed by atoms with Crippen LogP contribution in [-0.2, 0) is 0 Å². The van der Waals surface area contributed by atoms with Gasteiger partial charge in [0, 0.05) is 24.4 Å². The first kappa shape index (κ1) is 18.9. The molecule has 1 aromatic heterocycles. The zero-order valence-corrected chi connectivity index (χ0v) is 16.6. The number of aliphatic imine (C=N–C) groups is 1. The highest BCUT2D eigenvalue weighted by Crippen LogP contribution is 2.33. The fourth-order valence-electron chi connectivity index (χ4n) is 4.27. The Morgan fingerprint density at radius 3 is 2.23 bits per heavy atom. The second kappa shape index (κ2) is 7.94. The largest absolute Gasteiger partial charge is 0.355 e. The molecule has 5 rings (SSSR count). The van der Waals surface area contributed by atoms with Crippen LogP contribution in [0.25, 0.3) is 11.3 Å². The van der Waals surface area contributed by atoms with Crippen LogP contribution in [0.1, 0.15) is 42.9 Å². The normalized spacial score (nSPS) is 18.7.